The number of benzene rings is 2. The predicted molar refractivity (Wildman–Crippen MR) is 88.5 cm³/mol. The van der Waals surface area contributed by atoms with Crippen molar-refractivity contribution in [2.75, 3.05) is 0 Å². The number of phenols is 1. The third-order valence-electron chi connectivity index (χ3n) is 2.71. The summed E-state index contributed by atoms with van der Waals surface area (Å²) in [6.45, 7) is 2.00. The minimum absolute atomic E-state index is 0.00939. The van der Waals surface area contributed by atoms with Crippen LogP contribution in [-0.2, 0) is 0 Å². The molecule has 0 heterocycles. The predicted octanol–water partition coefficient (Wildman–Crippen LogP) is 6.18. The van der Waals surface area contributed by atoms with Crippen LogP contribution in [0.25, 0.3) is 5.76 Å². The SMILES string of the molecule is CCC=C(Oc1c(Cl)cc(O)cc1Cl)c1ccc(Cl)cc1. The van der Waals surface area contributed by atoms with Crippen LogP contribution in [0.1, 0.15) is 18.9 Å². The normalized spacial score (nSPS) is 11.5. The molecule has 0 amide bonds. The fraction of sp³-hybridized carbons (Fsp3) is 0.125. The maximum Gasteiger partial charge on any atom is 0.164 e. The van der Waals surface area contributed by atoms with Gasteiger partial charge >= 0.3 is 0 Å². The zero-order valence-electron chi connectivity index (χ0n) is 11.2. The number of hydrogen-bond acceptors (Lipinski definition) is 2. The molecule has 2 rings (SSSR count). The summed E-state index contributed by atoms with van der Waals surface area (Å²) in [5, 5.41) is 10.6. The molecule has 0 atom stereocenters. The second-order valence-electron chi connectivity index (χ2n) is 4.32. The molecule has 0 spiro atoms. The van der Waals surface area contributed by atoms with Gasteiger partial charge in [0.2, 0.25) is 0 Å². The first-order valence-corrected chi connectivity index (χ1v) is 7.46. The van der Waals surface area contributed by atoms with Crippen LogP contribution in [0.2, 0.25) is 15.1 Å². The number of rotatable bonds is 4. The van der Waals surface area contributed by atoms with Gasteiger partial charge in [-0.25, -0.2) is 0 Å². The fourth-order valence-electron chi connectivity index (χ4n) is 1.77. The van der Waals surface area contributed by atoms with E-state index in [1.54, 1.807) is 12.1 Å². The number of ether oxygens (including phenoxy) is 1. The van der Waals surface area contributed by atoms with Gasteiger partial charge in [0, 0.05) is 22.7 Å². The molecule has 2 nitrogen and oxygen atoms in total. The average Bonchev–Trinajstić information content (AvgIpc) is 2.42. The molecule has 0 saturated heterocycles. The van der Waals surface area contributed by atoms with Crippen LogP contribution in [0.15, 0.2) is 42.5 Å². The Hall–Kier alpha value is -1.35. The maximum absolute atomic E-state index is 9.45. The van der Waals surface area contributed by atoms with Crippen LogP contribution in [0, 0.1) is 0 Å². The monoisotopic (exact) mass is 342 g/mol. The molecule has 1 N–H and O–H groups in total. The Morgan fingerprint density at radius 2 is 1.67 bits per heavy atom. The molecular weight excluding hydrogens is 331 g/mol. The van der Waals surface area contributed by atoms with Gasteiger partial charge in [0.25, 0.3) is 0 Å². The first kappa shape index (κ1) is 16.0. The van der Waals surface area contributed by atoms with E-state index >= 15 is 0 Å². The van der Waals surface area contributed by atoms with Crippen LogP contribution in [0.3, 0.4) is 0 Å². The molecule has 0 aliphatic rings. The van der Waals surface area contributed by atoms with Crippen molar-refractivity contribution in [1.29, 1.82) is 0 Å². The zero-order chi connectivity index (χ0) is 15.4. The van der Waals surface area contributed by atoms with Gasteiger partial charge in [-0.3, -0.25) is 0 Å². The van der Waals surface area contributed by atoms with Gasteiger partial charge in [0.05, 0.1) is 10.0 Å². The standard InChI is InChI=1S/C16H13Cl3O2/c1-2-3-15(10-4-6-11(17)7-5-10)21-16-13(18)8-12(20)9-14(16)19/h3-9,20H,2H2,1H3. The van der Waals surface area contributed by atoms with Crippen molar-refractivity contribution in [3.8, 4) is 11.5 Å². The van der Waals surface area contributed by atoms with E-state index in [2.05, 4.69) is 0 Å². The van der Waals surface area contributed by atoms with Gasteiger partial charge in [-0.2, -0.15) is 0 Å². The number of hydrogen-bond donors (Lipinski definition) is 1. The van der Waals surface area contributed by atoms with E-state index in [0.717, 1.165) is 12.0 Å². The third-order valence-corrected chi connectivity index (χ3v) is 3.53. The van der Waals surface area contributed by atoms with Crippen molar-refractivity contribution < 1.29 is 9.84 Å². The molecule has 21 heavy (non-hydrogen) atoms. The Morgan fingerprint density at radius 1 is 1.10 bits per heavy atom. The lowest BCUT2D eigenvalue weighted by atomic mass is 10.1. The number of allylic oxidation sites excluding steroid dienone is 1. The second kappa shape index (κ2) is 7.08. The van der Waals surface area contributed by atoms with Gasteiger partial charge in [-0.15, -0.1) is 0 Å². The smallest absolute Gasteiger partial charge is 0.164 e. The van der Waals surface area contributed by atoms with E-state index in [4.69, 9.17) is 39.5 Å². The molecule has 0 fully saturated rings. The lowest BCUT2D eigenvalue weighted by molar-refractivity contribution is 0.471. The Labute approximate surface area is 138 Å². The molecule has 0 unspecified atom stereocenters. The molecule has 2 aromatic carbocycles. The van der Waals surface area contributed by atoms with Crippen molar-refractivity contribution in [3.05, 3.63) is 63.1 Å². The summed E-state index contributed by atoms with van der Waals surface area (Å²) in [6, 6.07) is 10.0. The molecule has 0 aliphatic carbocycles. The molecular formula is C16H13Cl3O2. The van der Waals surface area contributed by atoms with E-state index in [1.165, 1.54) is 12.1 Å². The van der Waals surface area contributed by atoms with Gasteiger partial charge in [-0.1, -0.05) is 41.7 Å². The van der Waals surface area contributed by atoms with E-state index in [1.807, 2.05) is 25.1 Å². The Bertz CT molecular complexity index is 641. The number of aromatic hydroxyl groups is 1. The largest absolute Gasteiger partial charge is 0.508 e. The molecule has 0 aliphatic heterocycles. The van der Waals surface area contributed by atoms with Crippen molar-refractivity contribution in [3.63, 3.8) is 0 Å². The molecule has 0 aromatic heterocycles. The molecule has 110 valence electrons. The first-order valence-electron chi connectivity index (χ1n) is 6.33. The van der Waals surface area contributed by atoms with E-state index in [9.17, 15) is 5.11 Å². The topological polar surface area (TPSA) is 29.5 Å². The minimum Gasteiger partial charge on any atom is -0.508 e. The lowest BCUT2D eigenvalue weighted by Crippen LogP contribution is -1.96. The summed E-state index contributed by atoms with van der Waals surface area (Å²) < 4.78 is 5.84. The molecule has 0 bridgehead atoms. The summed E-state index contributed by atoms with van der Waals surface area (Å²) in [7, 11) is 0. The van der Waals surface area contributed by atoms with Gasteiger partial charge in [0.1, 0.15) is 11.5 Å². The zero-order valence-corrected chi connectivity index (χ0v) is 13.5. The Balaban J connectivity index is 2.38. The summed E-state index contributed by atoms with van der Waals surface area (Å²) in [5.74, 6) is 0.930. The van der Waals surface area contributed by atoms with E-state index in [-0.39, 0.29) is 15.8 Å². The summed E-state index contributed by atoms with van der Waals surface area (Å²) in [6.07, 6.45) is 2.70. The summed E-state index contributed by atoms with van der Waals surface area (Å²) >= 11 is 18.0. The van der Waals surface area contributed by atoms with Crippen LogP contribution in [-0.4, -0.2) is 5.11 Å². The lowest BCUT2D eigenvalue weighted by Gasteiger charge is -2.13. The Morgan fingerprint density at radius 3 is 2.19 bits per heavy atom. The van der Waals surface area contributed by atoms with Crippen LogP contribution >= 0.6 is 34.8 Å². The fourth-order valence-corrected chi connectivity index (χ4v) is 2.45. The summed E-state index contributed by atoms with van der Waals surface area (Å²) in [4.78, 5) is 0. The molecule has 0 radical (unpaired) electrons. The third kappa shape index (κ3) is 4.07. The molecule has 2 aromatic rings. The number of phenolic OH excluding ortho intramolecular Hbond substituents is 1. The first-order chi connectivity index (χ1) is 10.0. The Kier molecular flexibility index (Phi) is 5.40. The van der Waals surface area contributed by atoms with E-state index in [0.29, 0.717) is 16.5 Å². The second-order valence-corrected chi connectivity index (χ2v) is 5.57. The number of halogens is 3. The molecule has 0 saturated carbocycles. The van der Waals surface area contributed by atoms with E-state index < -0.39 is 0 Å². The minimum atomic E-state index is -0.00939. The van der Waals surface area contributed by atoms with Crippen LogP contribution < -0.4 is 4.74 Å². The van der Waals surface area contributed by atoms with Gasteiger partial charge in [-0.05, 0) is 36.8 Å². The van der Waals surface area contributed by atoms with Crippen LogP contribution in [0.4, 0.5) is 0 Å². The van der Waals surface area contributed by atoms with Gasteiger partial charge in [0.15, 0.2) is 5.75 Å². The van der Waals surface area contributed by atoms with Crippen molar-refractivity contribution in [2.45, 2.75) is 13.3 Å². The highest BCUT2D eigenvalue weighted by atomic mass is 35.5. The molecule has 5 heteroatoms. The highest BCUT2D eigenvalue weighted by Gasteiger charge is 2.13. The van der Waals surface area contributed by atoms with Crippen molar-refractivity contribution in [1.82, 2.24) is 0 Å². The quantitative estimate of drug-likeness (QED) is 0.671. The average molecular weight is 344 g/mol. The van der Waals surface area contributed by atoms with Crippen molar-refractivity contribution in [2.24, 2.45) is 0 Å². The summed E-state index contributed by atoms with van der Waals surface area (Å²) in [5.41, 5.74) is 0.862. The van der Waals surface area contributed by atoms with Crippen LogP contribution in [0.5, 0.6) is 11.5 Å². The maximum atomic E-state index is 9.45. The highest BCUT2D eigenvalue weighted by molar-refractivity contribution is 6.37. The van der Waals surface area contributed by atoms with Gasteiger partial charge < -0.3 is 9.84 Å². The highest BCUT2D eigenvalue weighted by Crippen LogP contribution is 2.38. The van der Waals surface area contributed by atoms with Crippen molar-refractivity contribution >= 4 is 40.6 Å².